The summed E-state index contributed by atoms with van der Waals surface area (Å²) in [7, 11) is 0. The van der Waals surface area contributed by atoms with E-state index in [0.29, 0.717) is 0 Å². The third-order valence-electron chi connectivity index (χ3n) is 3.76. The first kappa shape index (κ1) is 15.3. The molecule has 1 fully saturated rings. The second kappa shape index (κ2) is 7.07. The highest BCUT2D eigenvalue weighted by atomic mass is 127. The summed E-state index contributed by atoms with van der Waals surface area (Å²) in [6.07, 6.45) is 4.87. The molecule has 19 heavy (non-hydrogen) atoms. The van der Waals surface area contributed by atoms with E-state index >= 15 is 0 Å². The first-order valence-electron chi connectivity index (χ1n) is 6.86. The van der Waals surface area contributed by atoms with Gasteiger partial charge in [-0.2, -0.15) is 0 Å². The highest BCUT2D eigenvalue weighted by Crippen LogP contribution is 2.25. The van der Waals surface area contributed by atoms with Crippen LogP contribution in [0.15, 0.2) is 22.7 Å². The van der Waals surface area contributed by atoms with Crippen LogP contribution in [0.25, 0.3) is 0 Å². The van der Waals surface area contributed by atoms with Gasteiger partial charge in [0.2, 0.25) is 0 Å². The van der Waals surface area contributed by atoms with E-state index in [1.807, 2.05) is 23.1 Å². The minimum atomic E-state index is 0.181. The van der Waals surface area contributed by atoms with Gasteiger partial charge in [0.25, 0.3) is 5.91 Å². The van der Waals surface area contributed by atoms with Crippen LogP contribution in [0.4, 0.5) is 0 Å². The van der Waals surface area contributed by atoms with Gasteiger partial charge in [-0.15, -0.1) is 0 Å². The molecule has 1 aliphatic heterocycles. The molecule has 0 saturated carbocycles. The van der Waals surface area contributed by atoms with Gasteiger partial charge in [0.05, 0.1) is 5.56 Å². The number of amides is 1. The lowest BCUT2D eigenvalue weighted by Crippen LogP contribution is -2.38. The Kier molecular flexibility index (Phi) is 5.69. The summed E-state index contributed by atoms with van der Waals surface area (Å²) in [5, 5.41) is 0. The van der Waals surface area contributed by atoms with Crippen LogP contribution in [-0.4, -0.2) is 23.9 Å². The molecule has 1 saturated heterocycles. The average Bonchev–Trinajstić information content (AvgIpc) is 2.42. The molecule has 1 aliphatic rings. The van der Waals surface area contributed by atoms with Gasteiger partial charge in [0, 0.05) is 21.1 Å². The van der Waals surface area contributed by atoms with Crippen LogP contribution >= 0.6 is 38.5 Å². The Balaban J connectivity index is 2.03. The number of hydrogen-bond acceptors (Lipinski definition) is 1. The Morgan fingerprint density at radius 1 is 1.42 bits per heavy atom. The van der Waals surface area contributed by atoms with Crippen LogP contribution in [0.5, 0.6) is 0 Å². The Morgan fingerprint density at radius 3 is 2.74 bits per heavy atom. The van der Waals surface area contributed by atoms with Gasteiger partial charge in [-0.1, -0.05) is 35.7 Å². The predicted octanol–water partition coefficient (Wildman–Crippen LogP) is 4.71. The predicted molar refractivity (Wildman–Crippen MR) is 90.4 cm³/mol. The number of benzene rings is 1. The van der Waals surface area contributed by atoms with Crippen molar-refractivity contribution in [2.45, 2.75) is 32.6 Å². The van der Waals surface area contributed by atoms with Crippen molar-refractivity contribution in [1.29, 1.82) is 0 Å². The number of likely N-dealkylation sites (tertiary alicyclic amines) is 1. The van der Waals surface area contributed by atoms with E-state index < -0.39 is 0 Å². The molecule has 0 bridgehead atoms. The second-order valence-electron chi connectivity index (χ2n) is 5.15. The maximum atomic E-state index is 12.5. The van der Waals surface area contributed by atoms with Crippen molar-refractivity contribution in [3.8, 4) is 0 Å². The second-order valence-corrected chi connectivity index (χ2v) is 7.23. The lowest BCUT2D eigenvalue weighted by molar-refractivity contribution is 0.0685. The van der Waals surface area contributed by atoms with E-state index in [1.165, 1.54) is 12.8 Å². The monoisotopic (exact) mass is 435 g/mol. The number of halogens is 2. The minimum absolute atomic E-state index is 0.181. The van der Waals surface area contributed by atoms with Crippen molar-refractivity contribution in [2.24, 2.45) is 5.92 Å². The van der Waals surface area contributed by atoms with Gasteiger partial charge in [-0.3, -0.25) is 4.79 Å². The van der Waals surface area contributed by atoms with E-state index in [-0.39, 0.29) is 5.91 Å². The molecule has 1 aromatic rings. The molecule has 0 radical (unpaired) electrons. The van der Waals surface area contributed by atoms with Crippen LogP contribution in [0.2, 0.25) is 0 Å². The Labute approximate surface area is 137 Å². The number of rotatable bonds is 3. The first-order chi connectivity index (χ1) is 9.11. The molecule has 1 aromatic carbocycles. The normalized spacial score (nSPS) is 16.7. The molecular weight excluding hydrogens is 417 g/mol. The zero-order valence-electron chi connectivity index (χ0n) is 11.2. The third kappa shape index (κ3) is 3.94. The van der Waals surface area contributed by atoms with E-state index in [1.54, 1.807) is 0 Å². The molecule has 1 heterocycles. The van der Waals surface area contributed by atoms with Gasteiger partial charge in [-0.05, 0) is 59.5 Å². The zero-order valence-corrected chi connectivity index (χ0v) is 14.9. The molecule has 2 nitrogen and oxygen atoms in total. The molecule has 104 valence electrons. The van der Waals surface area contributed by atoms with Gasteiger partial charge < -0.3 is 4.90 Å². The molecular formula is C15H19BrINO. The van der Waals surface area contributed by atoms with Crippen LogP contribution in [-0.2, 0) is 0 Å². The third-order valence-corrected chi connectivity index (χ3v) is 5.19. The van der Waals surface area contributed by atoms with E-state index in [0.717, 1.165) is 45.5 Å². The van der Waals surface area contributed by atoms with Gasteiger partial charge in [-0.25, -0.2) is 0 Å². The maximum Gasteiger partial charge on any atom is 0.254 e. The van der Waals surface area contributed by atoms with Crippen molar-refractivity contribution < 1.29 is 4.79 Å². The highest BCUT2D eigenvalue weighted by Gasteiger charge is 2.24. The lowest BCUT2D eigenvalue weighted by atomic mass is 9.92. The van der Waals surface area contributed by atoms with Crippen molar-refractivity contribution in [3.05, 3.63) is 31.8 Å². The van der Waals surface area contributed by atoms with E-state index in [4.69, 9.17) is 0 Å². The minimum Gasteiger partial charge on any atom is -0.339 e. The first-order valence-corrected chi connectivity index (χ1v) is 8.73. The van der Waals surface area contributed by atoms with Crippen molar-refractivity contribution in [2.75, 3.05) is 13.1 Å². The largest absolute Gasteiger partial charge is 0.339 e. The summed E-state index contributed by atoms with van der Waals surface area (Å²) < 4.78 is 2.00. The van der Waals surface area contributed by atoms with Gasteiger partial charge >= 0.3 is 0 Å². The fourth-order valence-electron chi connectivity index (χ4n) is 2.66. The topological polar surface area (TPSA) is 20.3 Å². The summed E-state index contributed by atoms with van der Waals surface area (Å²) >= 11 is 5.68. The lowest BCUT2D eigenvalue weighted by Gasteiger charge is -2.32. The standard InChI is InChI=1S/C15H19BrINO/c1-2-3-11-6-8-18(9-7-11)15(19)13-10-12(16)4-5-14(13)17/h4-5,10-11H,2-3,6-9H2,1H3. The molecule has 0 aliphatic carbocycles. The smallest absolute Gasteiger partial charge is 0.254 e. The Morgan fingerprint density at radius 2 is 2.11 bits per heavy atom. The Bertz CT molecular complexity index is 455. The van der Waals surface area contributed by atoms with E-state index in [2.05, 4.69) is 45.4 Å². The number of nitrogens with zero attached hydrogens (tertiary/aromatic N) is 1. The molecule has 1 amide bonds. The average molecular weight is 436 g/mol. The van der Waals surface area contributed by atoms with Gasteiger partial charge in [0.15, 0.2) is 0 Å². The molecule has 0 N–H and O–H groups in total. The molecule has 0 atom stereocenters. The maximum absolute atomic E-state index is 12.5. The fourth-order valence-corrected chi connectivity index (χ4v) is 3.59. The summed E-state index contributed by atoms with van der Waals surface area (Å²) in [5.41, 5.74) is 0.823. The number of hydrogen-bond donors (Lipinski definition) is 0. The molecule has 4 heteroatoms. The zero-order chi connectivity index (χ0) is 13.8. The molecule has 0 unspecified atom stereocenters. The number of carbonyl (C=O) groups is 1. The molecule has 0 spiro atoms. The number of carbonyl (C=O) groups excluding carboxylic acids is 1. The highest BCUT2D eigenvalue weighted by molar-refractivity contribution is 14.1. The Hall–Kier alpha value is -0.100. The van der Waals surface area contributed by atoms with Crippen LogP contribution in [0.1, 0.15) is 43.0 Å². The van der Waals surface area contributed by atoms with Crippen molar-refractivity contribution in [3.63, 3.8) is 0 Å². The van der Waals surface area contributed by atoms with Crippen LogP contribution < -0.4 is 0 Å². The van der Waals surface area contributed by atoms with E-state index in [9.17, 15) is 4.79 Å². The summed E-state index contributed by atoms with van der Waals surface area (Å²) in [4.78, 5) is 14.5. The summed E-state index contributed by atoms with van der Waals surface area (Å²) in [5.74, 6) is 0.997. The summed E-state index contributed by atoms with van der Waals surface area (Å²) in [6, 6.07) is 5.90. The van der Waals surface area contributed by atoms with Crippen molar-refractivity contribution in [1.82, 2.24) is 4.90 Å². The van der Waals surface area contributed by atoms with Crippen molar-refractivity contribution >= 4 is 44.4 Å². The van der Waals surface area contributed by atoms with Crippen LogP contribution in [0.3, 0.4) is 0 Å². The number of piperidine rings is 1. The molecule has 0 aromatic heterocycles. The molecule has 2 rings (SSSR count). The fraction of sp³-hybridized carbons (Fsp3) is 0.533. The van der Waals surface area contributed by atoms with Gasteiger partial charge in [0.1, 0.15) is 0 Å². The van der Waals surface area contributed by atoms with Crippen LogP contribution in [0, 0.1) is 9.49 Å². The quantitative estimate of drug-likeness (QED) is 0.629. The SMILES string of the molecule is CCCC1CCN(C(=O)c2cc(Br)ccc2I)CC1. The summed E-state index contributed by atoms with van der Waals surface area (Å²) in [6.45, 7) is 4.06.